The minimum Gasteiger partial charge on any atom is -0.466 e. The van der Waals surface area contributed by atoms with E-state index in [1.165, 1.54) is 5.56 Å². The van der Waals surface area contributed by atoms with Gasteiger partial charge in [-0.05, 0) is 56.8 Å². The largest absolute Gasteiger partial charge is 0.466 e. The lowest BCUT2D eigenvalue weighted by Crippen LogP contribution is -2.22. The Balaban J connectivity index is 1.49. The minimum absolute atomic E-state index is 0.409. The SMILES string of the molecule is Cc1ccc([C@H](C)CCN(C)Cc2nnc(SCc3ccncc3)n2C)o1. The summed E-state index contributed by atoms with van der Waals surface area (Å²) in [5, 5.41) is 9.66. The maximum atomic E-state index is 5.73. The third kappa shape index (κ3) is 5.43. The van der Waals surface area contributed by atoms with Crippen LogP contribution in [0, 0.1) is 6.92 Å². The third-order valence-corrected chi connectivity index (χ3v) is 5.74. The Morgan fingerprint density at radius 1 is 1.19 bits per heavy atom. The topological polar surface area (TPSA) is 60.0 Å². The molecule has 0 spiro atoms. The molecular formula is C20H27N5OS. The molecule has 144 valence electrons. The zero-order chi connectivity index (χ0) is 19.2. The van der Waals surface area contributed by atoms with E-state index in [4.69, 9.17) is 4.42 Å². The molecule has 7 heteroatoms. The van der Waals surface area contributed by atoms with E-state index in [0.717, 1.165) is 47.8 Å². The molecular weight excluding hydrogens is 358 g/mol. The smallest absolute Gasteiger partial charge is 0.191 e. The molecule has 0 aliphatic heterocycles. The lowest BCUT2D eigenvalue weighted by atomic mass is 10.1. The molecule has 3 aromatic rings. The molecule has 0 saturated heterocycles. The van der Waals surface area contributed by atoms with Gasteiger partial charge in [-0.3, -0.25) is 9.88 Å². The van der Waals surface area contributed by atoms with E-state index in [1.54, 1.807) is 11.8 Å². The van der Waals surface area contributed by atoms with Gasteiger partial charge in [-0.1, -0.05) is 18.7 Å². The van der Waals surface area contributed by atoms with Crippen LogP contribution in [0.4, 0.5) is 0 Å². The average molecular weight is 386 g/mol. The van der Waals surface area contributed by atoms with Gasteiger partial charge in [0.05, 0.1) is 6.54 Å². The monoisotopic (exact) mass is 385 g/mol. The Kier molecular flexibility index (Phi) is 6.68. The van der Waals surface area contributed by atoms with Crippen LogP contribution in [-0.2, 0) is 19.3 Å². The van der Waals surface area contributed by atoms with Crippen LogP contribution < -0.4 is 0 Å². The fourth-order valence-corrected chi connectivity index (χ4v) is 3.72. The molecule has 0 saturated carbocycles. The van der Waals surface area contributed by atoms with Crippen molar-refractivity contribution in [2.75, 3.05) is 13.6 Å². The summed E-state index contributed by atoms with van der Waals surface area (Å²) in [5.74, 6) is 4.29. The zero-order valence-corrected chi connectivity index (χ0v) is 17.2. The Labute approximate surface area is 165 Å². The van der Waals surface area contributed by atoms with E-state index in [9.17, 15) is 0 Å². The van der Waals surface area contributed by atoms with Crippen LogP contribution >= 0.6 is 11.8 Å². The summed E-state index contributed by atoms with van der Waals surface area (Å²) in [6, 6.07) is 8.16. The van der Waals surface area contributed by atoms with E-state index < -0.39 is 0 Å². The summed E-state index contributed by atoms with van der Waals surface area (Å²) < 4.78 is 7.82. The fraction of sp³-hybridized carbons (Fsp3) is 0.450. The van der Waals surface area contributed by atoms with Gasteiger partial charge in [-0.2, -0.15) is 0 Å². The predicted octanol–water partition coefficient (Wildman–Crippen LogP) is 4.03. The molecule has 0 bridgehead atoms. The predicted molar refractivity (Wildman–Crippen MR) is 108 cm³/mol. The van der Waals surface area contributed by atoms with Gasteiger partial charge in [-0.25, -0.2) is 0 Å². The summed E-state index contributed by atoms with van der Waals surface area (Å²) in [5.41, 5.74) is 1.24. The zero-order valence-electron chi connectivity index (χ0n) is 16.4. The van der Waals surface area contributed by atoms with E-state index in [-0.39, 0.29) is 0 Å². The highest BCUT2D eigenvalue weighted by Crippen LogP contribution is 2.23. The van der Waals surface area contributed by atoms with Crippen molar-refractivity contribution in [2.24, 2.45) is 7.05 Å². The third-order valence-electron chi connectivity index (χ3n) is 4.64. The number of aromatic nitrogens is 4. The van der Waals surface area contributed by atoms with Gasteiger partial charge in [0.25, 0.3) is 0 Å². The number of aryl methyl sites for hydroxylation is 1. The molecule has 3 aromatic heterocycles. The average Bonchev–Trinajstić information content (AvgIpc) is 3.25. The highest BCUT2D eigenvalue weighted by Gasteiger charge is 2.14. The number of thioether (sulfide) groups is 1. The van der Waals surface area contributed by atoms with Crippen molar-refractivity contribution in [3.05, 3.63) is 59.6 Å². The van der Waals surface area contributed by atoms with Crippen LogP contribution in [0.15, 0.2) is 46.2 Å². The summed E-state index contributed by atoms with van der Waals surface area (Å²) in [6.07, 6.45) is 4.68. The molecule has 0 radical (unpaired) electrons. The minimum atomic E-state index is 0.409. The van der Waals surface area contributed by atoms with E-state index in [0.29, 0.717) is 5.92 Å². The number of pyridine rings is 1. The Morgan fingerprint density at radius 2 is 1.96 bits per heavy atom. The Bertz CT molecular complexity index is 845. The van der Waals surface area contributed by atoms with Crippen LogP contribution in [0.2, 0.25) is 0 Å². The highest BCUT2D eigenvalue weighted by atomic mass is 32.2. The van der Waals surface area contributed by atoms with Crippen molar-refractivity contribution in [3.63, 3.8) is 0 Å². The maximum absolute atomic E-state index is 5.73. The van der Waals surface area contributed by atoms with Gasteiger partial charge in [0.15, 0.2) is 5.16 Å². The quantitative estimate of drug-likeness (QED) is 0.518. The van der Waals surface area contributed by atoms with E-state index >= 15 is 0 Å². The van der Waals surface area contributed by atoms with Crippen LogP contribution in [0.25, 0.3) is 0 Å². The molecule has 0 N–H and O–H groups in total. The molecule has 0 unspecified atom stereocenters. The van der Waals surface area contributed by atoms with E-state index in [1.807, 2.05) is 44.6 Å². The molecule has 0 aromatic carbocycles. The lowest BCUT2D eigenvalue weighted by Gasteiger charge is -2.18. The Hall–Kier alpha value is -2.12. The molecule has 6 nitrogen and oxygen atoms in total. The molecule has 3 rings (SSSR count). The first-order valence-electron chi connectivity index (χ1n) is 9.17. The van der Waals surface area contributed by atoms with Crippen molar-refractivity contribution in [3.8, 4) is 0 Å². The van der Waals surface area contributed by atoms with Crippen LogP contribution in [0.5, 0.6) is 0 Å². The second-order valence-corrected chi connectivity index (χ2v) is 7.92. The van der Waals surface area contributed by atoms with Gasteiger partial charge in [-0.15, -0.1) is 10.2 Å². The number of hydrogen-bond acceptors (Lipinski definition) is 6. The summed E-state index contributed by atoms with van der Waals surface area (Å²) in [6.45, 7) is 5.96. The number of hydrogen-bond donors (Lipinski definition) is 0. The van der Waals surface area contributed by atoms with Crippen molar-refractivity contribution in [1.29, 1.82) is 0 Å². The standard InChI is InChI=1S/C20H27N5OS/c1-15(18-6-5-16(2)26-18)9-12-24(3)13-19-22-23-20(25(19)4)27-14-17-7-10-21-11-8-17/h5-8,10-11,15H,9,12-14H2,1-4H3/t15-/m1/s1. The molecule has 27 heavy (non-hydrogen) atoms. The van der Waals surface area contributed by atoms with Crippen LogP contribution in [-0.4, -0.2) is 38.2 Å². The normalized spacial score (nSPS) is 12.6. The molecule has 0 fully saturated rings. The molecule has 0 aliphatic rings. The van der Waals surface area contributed by atoms with Gasteiger partial charge < -0.3 is 8.98 Å². The van der Waals surface area contributed by atoms with Crippen molar-refractivity contribution >= 4 is 11.8 Å². The van der Waals surface area contributed by atoms with Gasteiger partial charge in [0, 0.05) is 31.1 Å². The number of furan rings is 1. The lowest BCUT2D eigenvalue weighted by molar-refractivity contribution is 0.294. The molecule has 0 amide bonds. The van der Waals surface area contributed by atoms with Gasteiger partial charge in [0.2, 0.25) is 0 Å². The van der Waals surface area contributed by atoms with Crippen LogP contribution in [0.3, 0.4) is 0 Å². The highest BCUT2D eigenvalue weighted by molar-refractivity contribution is 7.98. The van der Waals surface area contributed by atoms with Gasteiger partial charge in [0.1, 0.15) is 17.3 Å². The van der Waals surface area contributed by atoms with Crippen molar-refractivity contribution in [2.45, 2.75) is 43.6 Å². The maximum Gasteiger partial charge on any atom is 0.191 e. The molecule has 0 aliphatic carbocycles. The van der Waals surface area contributed by atoms with Crippen LogP contribution in [0.1, 0.15) is 42.2 Å². The summed E-state index contributed by atoms with van der Waals surface area (Å²) in [7, 11) is 4.16. The summed E-state index contributed by atoms with van der Waals surface area (Å²) in [4.78, 5) is 6.34. The number of rotatable bonds is 9. The van der Waals surface area contributed by atoms with Gasteiger partial charge >= 0.3 is 0 Å². The van der Waals surface area contributed by atoms with Crippen molar-refractivity contribution < 1.29 is 4.42 Å². The first kappa shape index (κ1) is 19.6. The van der Waals surface area contributed by atoms with Crippen molar-refractivity contribution in [1.82, 2.24) is 24.6 Å². The second-order valence-electron chi connectivity index (χ2n) is 6.98. The molecule has 1 atom stereocenters. The first-order valence-corrected chi connectivity index (χ1v) is 10.2. The fourth-order valence-electron chi connectivity index (χ4n) is 2.83. The Morgan fingerprint density at radius 3 is 2.67 bits per heavy atom. The second kappa shape index (κ2) is 9.19. The summed E-state index contributed by atoms with van der Waals surface area (Å²) >= 11 is 1.70. The molecule has 3 heterocycles. The number of nitrogens with zero attached hydrogens (tertiary/aromatic N) is 5. The first-order chi connectivity index (χ1) is 13.0. The van der Waals surface area contributed by atoms with E-state index in [2.05, 4.69) is 44.7 Å².